The summed E-state index contributed by atoms with van der Waals surface area (Å²) in [5.74, 6) is 0.979. The van der Waals surface area contributed by atoms with Crippen LogP contribution in [0.15, 0.2) is 41.7 Å². The Bertz CT molecular complexity index is 795. The van der Waals surface area contributed by atoms with E-state index in [1.54, 1.807) is 29.4 Å². The molecule has 0 aliphatic carbocycles. The highest BCUT2D eigenvalue weighted by molar-refractivity contribution is 5.56. The maximum Gasteiger partial charge on any atom is 0.253 e. The predicted octanol–water partition coefficient (Wildman–Crippen LogP) is 1.68. The average molecular weight is 384 g/mol. The Morgan fingerprint density at radius 3 is 2.54 bits per heavy atom. The summed E-state index contributed by atoms with van der Waals surface area (Å²) >= 11 is 0. The van der Waals surface area contributed by atoms with Crippen LogP contribution in [-0.2, 0) is 16.0 Å². The molecule has 7 nitrogen and oxygen atoms in total. The molecule has 28 heavy (non-hydrogen) atoms. The second-order valence-electron chi connectivity index (χ2n) is 7.77. The van der Waals surface area contributed by atoms with Crippen molar-refractivity contribution in [2.45, 2.75) is 19.4 Å². The molecule has 0 bridgehead atoms. The third kappa shape index (κ3) is 5.04. The van der Waals surface area contributed by atoms with E-state index in [2.05, 4.69) is 14.9 Å². The van der Waals surface area contributed by atoms with Gasteiger partial charge in [0.1, 0.15) is 0 Å². The summed E-state index contributed by atoms with van der Waals surface area (Å²) in [5, 5.41) is 0. The summed E-state index contributed by atoms with van der Waals surface area (Å²) in [6, 6.07) is 5.38. The summed E-state index contributed by atoms with van der Waals surface area (Å²) in [7, 11) is 0. The van der Waals surface area contributed by atoms with Gasteiger partial charge in [-0.25, -0.2) is 4.98 Å². The molecule has 0 saturated carbocycles. The number of ether oxygens (including phenoxy) is 2. The first kappa shape index (κ1) is 19.2. The van der Waals surface area contributed by atoms with Crippen molar-refractivity contribution in [3.05, 3.63) is 47.3 Å². The van der Waals surface area contributed by atoms with Gasteiger partial charge in [0.15, 0.2) is 0 Å². The SMILES string of the molecule is O=c1cc(-c2cccnc2)ncn1CC1CCN(CC2COCCOC2)CC1. The third-order valence-electron chi connectivity index (χ3n) is 5.59. The van der Waals surface area contributed by atoms with Gasteiger partial charge in [0.2, 0.25) is 0 Å². The Morgan fingerprint density at radius 2 is 1.86 bits per heavy atom. The van der Waals surface area contributed by atoms with Crippen molar-refractivity contribution in [1.29, 1.82) is 0 Å². The Hall–Kier alpha value is -2.09. The molecule has 4 heterocycles. The Morgan fingerprint density at radius 1 is 1.07 bits per heavy atom. The minimum atomic E-state index is 0.00374. The number of aromatic nitrogens is 3. The van der Waals surface area contributed by atoms with E-state index < -0.39 is 0 Å². The van der Waals surface area contributed by atoms with Gasteiger partial charge in [0, 0.05) is 43.0 Å². The smallest absolute Gasteiger partial charge is 0.253 e. The van der Waals surface area contributed by atoms with Crippen LogP contribution in [-0.4, -0.2) is 65.5 Å². The van der Waals surface area contributed by atoms with E-state index in [4.69, 9.17) is 9.47 Å². The van der Waals surface area contributed by atoms with Crippen LogP contribution < -0.4 is 5.56 Å². The molecule has 0 unspecified atom stereocenters. The van der Waals surface area contributed by atoms with Crippen LogP contribution in [0.3, 0.4) is 0 Å². The molecule has 0 spiro atoms. The van der Waals surface area contributed by atoms with Crippen LogP contribution in [0.4, 0.5) is 0 Å². The van der Waals surface area contributed by atoms with Gasteiger partial charge < -0.3 is 14.4 Å². The van der Waals surface area contributed by atoms with Gasteiger partial charge in [-0.15, -0.1) is 0 Å². The van der Waals surface area contributed by atoms with Gasteiger partial charge in [0.25, 0.3) is 5.56 Å². The number of nitrogens with zero attached hydrogens (tertiary/aromatic N) is 4. The molecule has 2 aromatic rings. The Labute approximate surface area is 165 Å². The van der Waals surface area contributed by atoms with Crippen LogP contribution in [0.5, 0.6) is 0 Å². The minimum Gasteiger partial charge on any atom is -0.379 e. The quantitative estimate of drug-likeness (QED) is 0.781. The molecule has 0 aromatic carbocycles. The highest BCUT2D eigenvalue weighted by Gasteiger charge is 2.23. The molecule has 2 aliphatic rings. The van der Waals surface area contributed by atoms with E-state index in [1.165, 1.54) is 0 Å². The Kier molecular flexibility index (Phi) is 6.46. The lowest BCUT2D eigenvalue weighted by molar-refractivity contribution is 0.0855. The molecule has 0 N–H and O–H groups in total. The first-order chi connectivity index (χ1) is 13.8. The second kappa shape index (κ2) is 9.41. The van der Waals surface area contributed by atoms with Gasteiger partial charge >= 0.3 is 0 Å². The van der Waals surface area contributed by atoms with E-state index >= 15 is 0 Å². The zero-order valence-corrected chi connectivity index (χ0v) is 16.2. The number of hydrogen-bond donors (Lipinski definition) is 0. The fourth-order valence-electron chi connectivity index (χ4n) is 4.00. The van der Waals surface area contributed by atoms with Gasteiger partial charge in [-0.3, -0.25) is 14.3 Å². The van der Waals surface area contributed by atoms with Crippen molar-refractivity contribution in [3.8, 4) is 11.3 Å². The standard InChI is InChI=1S/C21H28N4O3/c26-21-10-20(19-2-1-5-22-11-19)23-16-25(21)13-17-3-6-24(7-4-17)12-18-14-27-8-9-28-15-18/h1-2,5,10-11,16-18H,3-4,6-9,12-15H2. The minimum absolute atomic E-state index is 0.00374. The highest BCUT2D eigenvalue weighted by Crippen LogP contribution is 2.20. The molecule has 0 atom stereocenters. The first-order valence-electron chi connectivity index (χ1n) is 10.1. The van der Waals surface area contributed by atoms with Crippen LogP contribution in [0.2, 0.25) is 0 Å². The third-order valence-corrected chi connectivity index (χ3v) is 5.59. The molecular formula is C21H28N4O3. The molecule has 2 saturated heterocycles. The summed E-state index contributed by atoms with van der Waals surface area (Å²) in [6.45, 7) is 6.92. The maximum absolute atomic E-state index is 12.5. The van der Waals surface area contributed by atoms with E-state index in [0.29, 0.717) is 30.7 Å². The van der Waals surface area contributed by atoms with Gasteiger partial charge in [-0.1, -0.05) is 0 Å². The van der Waals surface area contributed by atoms with Crippen LogP contribution in [0.1, 0.15) is 12.8 Å². The summed E-state index contributed by atoms with van der Waals surface area (Å²) < 4.78 is 12.9. The number of piperidine rings is 1. The van der Waals surface area contributed by atoms with Gasteiger partial charge in [0.05, 0.1) is 38.4 Å². The molecule has 2 aliphatic heterocycles. The second-order valence-corrected chi connectivity index (χ2v) is 7.77. The molecular weight excluding hydrogens is 356 g/mol. The summed E-state index contributed by atoms with van der Waals surface area (Å²) in [6.07, 6.45) is 7.33. The van der Waals surface area contributed by atoms with Crippen LogP contribution in [0.25, 0.3) is 11.3 Å². The molecule has 2 fully saturated rings. The molecule has 4 rings (SSSR count). The van der Waals surface area contributed by atoms with Crippen molar-refractivity contribution in [2.75, 3.05) is 46.1 Å². The number of hydrogen-bond acceptors (Lipinski definition) is 6. The Balaban J connectivity index is 1.29. The van der Waals surface area contributed by atoms with E-state index in [9.17, 15) is 4.79 Å². The van der Waals surface area contributed by atoms with Crippen molar-refractivity contribution in [3.63, 3.8) is 0 Å². The van der Waals surface area contributed by atoms with Crippen molar-refractivity contribution >= 4 is 0 Å². The monoisotopic (exact) mass is 384 g/mol. The summed E-state index contributed by atoms with van der Waals surface area (Å²) in [4.78, 5) is 23.6. The normalized spacial score (nSPS) is 20.1. The summed E-state index contributed by atoms with van der Waals surface area (Å²) in [5.41, 5.74) is 1.55. The van der Waals surface area contributed by atoms with Gasteiger partial charge in [-0.2, -0.15) is 0 Å². The topological polar surface area (TPSA) is 69.5 Å². The lowest BCUT2D eigenvalue weighted by Crippen LogP contribution is -2.40. The zero-order valence-electron chi connectivity index (χ0n) is 16.2. The predicted molar refractivity (Wildman–Crippen MR) is 106 cm³/mol. The molecule has 0 radical (unpaired) electrons. The van der Waals surface area contributed by atoms with E-state index in [1.807, 2.05) is 12.1 Å². The lowest BCUT2D eigenvalue weighted by atomic mass is 9.96. The zero-order chi connectivity index (χ0) is 19.2. The highest BCUT2D eigenvalue weighted by atomic mass is 16.5. The number of likely N-dealkylation sites (tertiary alicyclic amines) is 1. The van der Waals surface area contributed by atoms with Crippen LogP contribution >= 0.6 is 0 Å². The van der Waals surface area contributed by atoms with Crippen LogP contribution in [0, 0.1) is 11.8 Å². The van der Waals surface area contributed by atoms with E-state index in [-0.39, 0.29) is 5.56 Å². The van der Waals surface area contributed by atoms with Crippen molar-refractivity contribution in [1.82, 2.24) is 19.4 Å². The number of rotatable bonds is 5. The largest absolute Gasteiger partial charge is 0.379 e. The van der Waals surface area contributed by atoms with Crippen molar-refractivity contribution in [2.24, 2.45) is 11.8 Å². The van der Waals surface area contributed by atoms with Gasteiger partial charge in [-0.05, 0) is 44.0 Å². The maximum atomic E-state index is 12.5. The lowest BCUT2D eigenvalue weighted by Gasteiger charge is -2.34. The fraction of sp³-hybridized carbons (Fsp3) is 0.571. The van der Waals surface area contributed by atoms with Crippen molar-refractivity contribution < 1.29 is 9.47 Å². The molecule has 150 valence electrons. The average Bonchev–Trinajstić information content (AvgIpc) is 3.00. The molecule has 0 amide bonds. The molecule has 7 heteroatoms. The fourth-order valence-corrected chi connectivity index (χ4v) is 4.00. The van der Waals surface area contributed by atoms with E-state index in [0.717, 1.165) is 57.8 Å². The first-order valence-corrected chi connectivity index (χ1v) is 10.1. The number of pyridine rings is 1. The molecule has 2 aromatic heterocycles.